The molecule has 2 aromatic heterocycles. The van der Waals surface area contributed by atoms with Crippen molar-refractivity contribution in [2.75, 3.05) is 73.5 Å². The number of aromatic nitrogens is 2. The van der Waals surface area contributed by atoms with Gasteiger partial charge in [0.2, 0.25) is 0 Å². The minimum atomic E-state index is -4.55. The average molecular weight is 960 g/mol. The number of hydrogen-bond acceptors (Lipinski definition) is 9. The predicted octanol–water partition coefficient (Wildman–Crippen LogP) is 11.4. The van der Waals surface area contributed by atoms with Crippen LogP contribution < -0.4 is 20.9 Å². The van der Waals surface area contributed by atoms with Crippen LogP contribution in [0.5, 0.6) is 0 Å². The van der Waals surface area contributed by atoms with Gasteiger partial charge in [0.15, 0.2) is 0 Å². The van der Waals surface area contributed by atoms with E-state index in [-0.39, 0.29) is 21.2 Å². The second kappa shape index (κ2) is 21.8. The second-order valence-corrected chi connectivity index (χ2v) is 15.4. The van der Waals surface area contributed by atoms with E-state index in [1.807, 2.05) is 72.9 Å². The molecule has 65 heavy (non-hydrogen) atoms. The van der Waals surface area contributed by atoms with Gasteiger partial charge in [-0.15, -0.1) is 0 Å². The SMILES string of the molecule is Nc1cc(N2CCOCC2)cnc1-c1ccccc1.O=C(Cl)c1ccc(C(F)(F)F)cc1Cl.O=C(Nc1cc(N2CCOCC2)cnc1-c1ccccc1)c1ccc(C(F)(F)F)cc1Cl. The number of nitrogen functional groups attached to an aromatic ring is 1. The van der Waals surface area contributed by atoms with E-state index in [2.05, 4.69) is 25.1 Å². The summed E-state index contributed by atoms with van der Waals surface area (Å²) in [5, 5.41) is 1.31. The minimum absolute atomic E-state index is 0.0598. The monoisotopic (exact) mass is 958 g/mol. The lowest BCUT2D eigenvalue weighted by molar-refractivity contribution is -0.138. The molecule has 0 aliphatic carbocycles. The summed E-state index contributed by atoms with van der Waals surface area (Å²) < 4.78 is 85.9. The number of halogens is 9. The number of nitrogens with zero attached hydrogens (tertiary/aromatic N) is 4. The van der Waals surface area contributed by atoms with Crippen LogP contribution in [0.25, 0.3) is 22.5 Å². The fourth-order valence-electron chi connectivity index (χ4n) is 6.59. The van der Waals surface area contributed by atoms with Gasteiger partial charge in [-0.1, -0.05) is 83.9 Å². The quantitative estimate of drug-likeness (QED) is 0.119. The first-order valence-corrected chi connectivity index (χ1v) is 20.9. The summed E-state index contributed by atoms with van der Waals surface area (Å²) in [6.07, 6.45) is -5.40. The van der Waals surface area contributed by atoms with Crippen molar-refractivity contribution in [3.8, 4) is 22.5 Å². The Kier molecular flexibility index (Phi) is 16.3. The van der Waals surface area contributed by atoms with Crippen molar-refractivity contribution < 1.29 is 45.4 Å². The molecular formula is C46H39Cl3F6N6O4. The van der Waals surface area contributed by atoms with Gasteiger partial charge in [0.05, 0.1) is 105 Å². The first kappa shape index (κ1) is 48.5. The molecule has 0 atom stereocenters. The van der Waals surface area contributed by atoms with Gasteiger partial charge >= 0.3 is 12.4 Å². The number of morpholine rings is 2. The lowest BCUT2D eigenvalue weighted by Gasteiger charge is -2.29. The molecule has 2 aliphatic heterocycles. The molecule has 19 heteroatoms. The van der Waals surface area contributed by atoms with Crippen LogP contribution in [0.4, 0.5) is 49.1 Å². The highest BCUT2D eigenvalue weighted by atomic mass is 35.5. The van der Waals surface area contributed by atoms with Crippen LogP contribution in [-0.4, -0.2) is 73.7 Å². The molecule has 4 aromatic carbocycles. The molecule has 0 saturated carbocycles. The van der Waals surface area contributed by atoms with Gasteiger partial charge in [-0.25, -0.2) is 0 Å². The number of benzene rings is 4. The van der Waals surface area contributed by atoms with Crippen LogP contribution in [0.15, 0.2) is 122 Å². The van der Waals surface area contributed by atoms with Gasteiger partial charge in [0.1, 0.15) is 0 Å². The molecule has 2 saturated heterocycles. The van der Waals surface area contributed by atoms with Gasteiger partial charge in [-0.2, -0.15) is 26.3 Å². The number of carbonyl (C=O) groups excluding carboxylic acids is 2. The molecule has 340 valence electrons. The zero-order valence-corrected chi connectivity index (χ0v) is 36.4. The van der Waals surface area contributed by atoms with Crippen LogP contribution in [0.3, 0.4) is 0 Å². The van der Waals surface area contributed by atoms with Crippen LogP contribution in [0, 0.1) is 0 Å². The van der Waals surface area contributed by atoms with E-state index >= 15 is 0 Å². The Morgan fingerprint density at radius 2 is 1.03 bits per heavy atom. The fourth-order valence-corrected chi connectivity index (χ4v) is 7.33. The molecule has 1 amide bonds. The Morgan fingerprint density at radius 1 is 0.600 bits per heavy atom. The number of ether oxygens (including phenoxy) is 2. The molecule has 3 N–H and O–H groups in total. The average Bonchev–Trinajstić information content (AvgIpc) is 3.30. The molecule has 0 unspecified atom stereocenters. The first-order valence-electron chi connectivity index (χ1n) is 19.8. The van der Waals surface area contributed by atoms with E-state index < -0.39 is 34.6 Å². The maximum Gasteiger partial charge on any atom is 0.416 e. The Labute approximate surface area is 384 Å². The normalized spacial score (nSPS) is 14.0. The van der Waals surface area contributed by atoms with Crippen molar-refractivity contribution in [2.45, 2.75) is 12.4 Å². The summed E-state index contributed by atoms with van der Waals surface area (Å²) in [5.74, 6) is -0.623. The number of pyridine rings is 2. The van der Waals surface area contributed by atoms with Gasteiger partial charge in [0, 0.05) is 37.3 Å². The fraction of sp³-hybridized carbons (Fsp3) is 0.217. The molecule has 0 bridgehead atoms. The summed E-state index contributed by atoms with van der Waals surface area (Å²) >= 11 is 16.5. The zero-order chi connectivity index (χ0) is 46.7. The molecule has 0 spiro atoms. The van der Waals surface area contributed by atoms with E-state index in [1.54, 1.807) is 12.3 Å². The molecule has 2 fully saturated rings. The van der Waals surface area contributed by atoms with E-state index in [4.69, 9.17) is 50.0 Å². The summed E-state index contributed by atoms with van der Waals surface area (Å²) in [6.45, 7) is 5.86. The largest absolute Gasteiger partial charge is 0.416 e. The van der Waals surface area contributed by atoms with Crippen molar-refractivity contribution in [1.82, 2.24) is 9.97 Å². The molecule has 4 heterocycles. The standard InChI is InChI=1S/C23H19ClF3N3O2.C15H17N3O.C8H3Cl2F3O/c24-19-12-16(23(25,26)27)6-7-18(19)22(31)29-20-13-17(30-8-10-32-11-9-30)14-28-21(20)15-4-2-1-3-5-15;16-14-10-13(18-6-8-19-9-7-18)11-17-15(14)12-4-2-1-3-5-12;9-6-3-4(8(11,12)13)1-2-5(6)7(10)14/h1-7,12-14H,8-11H2,(H,29,31);1-5,10-11H,6-9,16H2;1-3H. The van der Waals surface area contributed by atoms with Crippen molar-refractivity contribution in [1.29, 1.82) is 0 Å². The third-order valence-corrected chi connectivity index (χ3v) is 10.7. The lowest BCUT2D eigenvalue weighted by atomic mass is 10.1. The highest BCUT2D eigenvalue weighted by Crippen LogP contribution is 2.35. The number of amides is 1. The summed E-state index contributed by atoms with van der Waals surface area (Å²) in [7, 11) is 0. The Hall–Kier alpha value is -5.91. The van der Waals surface area contributed by atoms with Crippen LogP contribution >= 0.6 is 34.8 Å². The number of nitrogens with two attached hydrogens (primary N) is 1. The summed E-state index contributed by atoms with van der Waals surface area (Å²) in [5.41, 5.74) is 10.4. The van der Waals surface area contributed by atoms with Crippen LogP contribution in [0.1, 0.15) is 31.8 Å². The van der Waals surface area contributed by atoms with Gasteiger partial charge < -0.3 is 30.3 Å². The van der Waals surface area contributed by atoms with Crippen molar-refractivity contribution in [3.05, 3.63) is 154 Å². The zero-order valence-electron chi connectivity index (χ0n) is 34.1. The molecule has 0 radical (unpaired) electrons. The third kappa shape index (κ3) is 13.1. The number of rotatable bonds is 7. The van der Waals surface area contributed by atoms with Gasteiger partial charge in [-0.3, -0.25) is 19.6 Å². The van der Waals surface area contributed by atoms with Crippen molar-refractivity contribution in [2.24, 2.45) is 0 Å². The van der Waals surface area contributed by atoms with E-state index in [9.17, 15) is 35.9 Å². The van der Waals surface area contributed by atoms with Crippen molar-refractivity contribution >= 4 is 68.7 Å². The summed E-state index contributed by atoms with van der Waals surface area (Å²) in [6, 6.07) is 28.1. The molecule has 6 aromatic rings. The first-order chi connectivity index (χ1) is 31.0. The maximum atomic E-state index is 12.9. The topological polar surface area (TPSA) is 123 Å². The number of anilines is 4. The van der Waals surface area contributed by atoms with E-state index in [0.717, 1.165) is 90.5 Å². The van der Waals surface area contributed by atoms with Gasteiger partial charge in [-0.05, 0) is 60.1 Å². The van der Waals surface area contributed by atoms with Gasteiger partial charge in [0.25, 0.3) is 11.1 Å². The third-order valence-electron chi connectivity index (χ3n) is 9.92. The number of nitrogens with one attached hydrogen (secondary N) is 1. The number of hydrogen-bond donors (Lipinski definition) is 2. The Morgan fingerprint density at radius 3 is 1.46 bits per heavy atom. The van der Waals surface area contributed by atoms with Crippen molar-refractivity contribution in [3.63, 3.8) is 0 Å². The lowest BCUT2D eigenvalue weighted by Crippen LogP contribution is -2.36. The van der Waals surface area contributed by atoms with Crippen LogP contribution in [0.2, 0.25) is 10.0 Å². The predicted molar refractivity (Wildman–Crippen MR) is 241 cm³/mol. The second-order valence-electron chi connectivity index (χ2n) is 14.3. The highest BCUT2D eigenvalue weighted by molar-refractivity contribution is 6.68. The summed E-state index contributed by atoms with van der Waals surface area (Å²) in [4.78, 5) is 37.0. The maximum absolute atomic E-state index is 12.9. The molecule has 8 rings (SSSR count). The Bertz CT molecular complexity index is 2580. The number of carbonyl (C=O) groups is 2. The van der Waals surface area contributed by atoms with E-state index in [1.165, 1.54) is 0 Å². The number of alkyl halides is 6. The minimum Gasteiger partial charge on any atom is -0.397 e. The van der Waals surface area contributed by atoms with E-state index in [0.29, 0.717) is 43.8 Å². The van der Waals surface area contributed by atoms with Crippen LogP contribution in [-0.2, 0) is 21.8 Å². The smallest absolute Gasteiger partial charge is 0.397 e. The Balaban J connectivity index is 0.000000179. The highest BCUT2D eigenvalue weighted by Gasteiger charge is 2.32. The molecular weight excluding hydrogens is 921 g/mol. The molecule has 2 aliphatic rings. The molecule has 10 nitrogen and oxygen atoms in total.